The van der Waals surface area contributed by atoms with E-state index < -0.39 is 0 Å². The van der Waals surface area contributed by atoms with E-state index in [1.807, 2.05) is 36.4 Å². The highest BCUT2D eigenvalue weighted by molar-refractivity contribution is 9.11. The molecule has 2 aliphatic heterocycles. The van der Waals surface area contributed by atoms with Crippen molar-refractivity contribution in [3.8, 4) is 0 Å². The predicted molar refractivity (Wildman–Crippen MR) is 320 cm³/mol. The van der Waals surface area contributed by atoms with E-state index in [9.17, 15) is 0 Å². The van der Waals surface area contributed by atoms with E-state index in [0.717, 1.165) is 112 Å². The van der Waals surface area contributed by atoms with Crippen molar-refractivity contribution in [2.75, 3.05) is 46.3 Å². The molecular weight excluding hydrogens is 1180 g/mol. The first-order chi connectivity index (χ1) is 32.0. The van der Waals surface area contributed by atoms with Gasteiger partial charge in [0.2, 0.25) is 0 Å². The van der Waals surface area contributed by atoms with Crippen molar-refractivity contribution in [2.24, 2.45) is 27.2 Å². The molecule has 0 radical (unpaired) electrons. The minimum atomic E-state index is 0. The van der Waals surface area contributed by atoms with Gasteiger partial charge >= 0.3 is 0 Å². The fraction of sp³-hybridized carbons (Fsp3) is 0.306. The van der Waals surface area contributed by atoms with Crippen LogP contribution < -0.4 is 27.8 Å². The molecule has 2 aliphatic rings. The number of halogens is 5. The molecule has 0 aliphatic carbocycles. The highest BCUT2D eigenvalue weighted by atomic mass is 79.9. The van der Waals surface area contributed by atoms with Crippen LogP contribution in [0.3, 0.4) is 0 Å². The number of hydrogen-bond donors (Lipinski definition) is 7. The molecule has 0 saturated carbocycles. The Hall–Kier alpha value is -2.72. The fourth-order valence-corrected chi connectivity index (χ4v) is 10.1. The third-order valence-electron chi connectivity index (χ3n) is 10.1. The first kappa shape index (κ1) is 62.4. The highest BCUT2D eigenvalue weighted by Crippen LogP contribution is 2.24. The second-order valence-corrected chi connectivity index (χ2v) is 21.7. The molecule has 0 amide bonds. The number of hydrogen-bond acceptors (Lipinski definition) is 13. The van der Waals surface area contributed by atoms with Gasteiger partial charge in [-0.2, -0.15) is 0 Å². The Balaban J connectivity index is 0.000000464. The summed E-state index contributed by atoms with van der Waals surface area (Å²) in [6.07, 6.45) is 3.03. The minimum Gasteiger partial charge on any atom is -0.379 e. The summed E-state index contributed by atoms with van der Waals surface area (Å²) in [5.41, 5.74) is 25.0. The van der Waals surface area contributed by atoms with Gasteiger partial charge in [0, 0.05) is 49.5 Å². The first-order valence-corrected chi connectivity index (χ1v) is 27.6. The molecule has 0 aromatic heterocycles. The summed E-state index contributed by atoms with van der Waals surface area (Å²) >= 11 is 16.6. The van der Waals surface area contributed by atoms with Gasteiger partial charge in [0.05, 0.1) is 26.7 Å². The fourth-order valence-electron chi connectivity index (χ4n) is 6.37. The molecule has 5 aromatic rings. The molecule has 0 spiro atoms. The molecule has 69 heavy (non-hydrogen) atoms. The quantitative estimate of drug-likeness (QED) is 0.0369. The smallest absolute Gasteiger partial charge is 0.159 e. The third kappa shape index (κ3) is 25.0. The SMILES string of the molecule is Brc1ccc(CCN2CN=C(SCc3ccccc3CSC3=NCN(CCc4ccc(Br)cc4)CN3)NC2)cc1.C.Cl.Cl.N=C(N)SCc1ccccc1CSC(=N)N.NCCc1ccc(Br)cc1. The van der Waals surface area contributed by atoms with Gasteiger partial charge in [-0.25, -0.2) is 9.98 Å². The van der Waals surface area contributed by atoms with Crippen molar-refractivity contribution in [1.82, 2.24) is 20.4 Å². The Morgan fingerprint density at radius 2 is 0.841 bits per heavy atom. The molecule has 2 heterocycles. The lowest BCUT2D eigenvalue weighted by Gasteiger charge is -2.27. The summed E-state index contributed by atoms with van der Waals surface area (Å²) in [5.74, 6) is 3.18. The molecule has 0 unspecified atom stereocenters. The number of thioether (sulfide) groups is 4. The number of nitrogens with one attached hydrogen (secondary N) is 4. The van der Waals surface area contributed by atoms with Crippen LogP contribution >= 0.6 is 120 Å². The van der Waals surface area contributed by atoms with Crippen molar-refractivity contribution in [3.63, 3.8) is 0 Å². The Morgan fingerprint density at radius 1 is 0.522 bits per heavy atom. The maximum atomic E-state index is 7.17. The molecule has 7 rings (SSSR count). The van der Waals surface area contributed by atoms with E-state index in [0.29, 0.717) is 11.5 Å². The molecule has 0 atom stereocenters. The van der Waals surface area contributed by atoms with Crippen LogP contribution in [0.2, 0.25) is 0 Å². The topological polar surface area (TPSA) is 181 Å². The monoisotopic (exact) mass is 1240 g/mol. The van der Waals surface area contributed by atoms with Crippen LogP contribution in [0.4, 0.5) is 0 Å². The normalized spacial score (nSPS) is 13.1. The Kier molecular flexibility index (Phi) is 32.0. The van der Waals surface area contributed by atoms with Crippen LogP contribution in [0.1, 0.15) is 46.4 Å². The van der Waals surface area contributed by atoms with E-state index in [2.05, 4.69) is 153 Å². The van der Waals surface area contributed by atoms with Crippen LogP contribution in [0.5, 0.6) is 0 Å². The van der Waals surface area contributed by atoms with Gasteiger partial charge in [-0.15, -0.1) is 24.8 Å². The number of aliphatic imine (C=N–C) groups is 2. The first-order valence-electron chi connectivity index (χ1n) is 21.3. The maximum Gasteiger partial charge on any atom is 0.159 e. The molecule has 0 bridgehead atoms. The summed E-state index contributed by atoms with van der Waals surface area (Å²) in [6.45, 7) is 5.89. The number of nitrogens with zero attached hydrogens (tertiary/aromatic N) is 4. The molecule has 11 nitrogen and oxygen atoms in total. The van der Waals surface area contributed by atoms with Crippen LogP contribution in [0.25, 0.3) is 0 Å². The lowest BCUT2D eigenvalue weighted by atomic mass is 10.1. The minimum absolute atomic E-state index is 0. The van der Waals surface area contributed by atoms with Crippen LogP contribution in [0, 0.1) is 10.8 Å². The van der Waals surface area contributed by atoms with Gasteiger partial charge in [0.25, 0.3) is 0 Å². The number of benzene rings is 5. The molecule has 5 aromatic carbocycles. The average Bonchev–Trinajstić information content (AvgIpc) is 3.33. The van der Waals surface area contributed by atoms with Crippen LogP contribution in [-0.2, 0) is 42.3 Å². The zero-order chi connectivity index (χ0) is 46.9. The van der Waals surface area contributed by atoms with Crippen molar-refractivity contribution in [3.05, 3.63) is 174 Å². The van der Waals surface area contributed by atoms with E-state index in [1.165, 1.54) is 51.3 Å². The molecule has 0 fully saturated rings. The number of rotatable bonds is 16. The van der Waals surface area contributed by atoms with Crippen LogP contribution in [0.15, 0.2) is 145 Å². The van der Waals surface area contributed by atoms with Crippen molar-refractivity contribution in [1.29, 1.82) is 10.8 Å². The number of nitrogens with two attached hydrogens (primary N) is 3. The summed E-state index contributed by atoms with van der Waals surface area (Å²) in [7, 11) is 0. The summed E-state index contributed by atoms with van der Waals surface area (Å²) in [6, 6.07) is 42.0. The standard InChI is InChI=1S/C30H34Br2N6S2.C10H14N4S2.C8H10BrN.CH4.2ClH/c31-27-9-5-23(6-10-27)13-15-37-19-33-29(34-20-37)39-17-25-3-1-2-4-26(25)18-40-30-35-21-38(22-36-30)16-14-24-7-11-28(32)12-8-24;11-9(12)15-5-7-3-1-2-4-8(7)6-16-10(13)14;9-8-3-1-7(2-4-8)5-6-10;;;/h1-12H,13-22H2,(H,33,34)(H,35,36);1-4H,5-6H2,(H3,11,12)(H3,13,14);1-4H,5-6,10H2;1H4;2*1H. The van der Waals surface area contributed by atoms with Crippen molar-refractivity contribution < 1.29 is 0 Å². The van der Waals surface area contributed by atoms with Crippen LogP contribution in [-0.4, -0.2) is 76.8 Å². The maximum absolute atomic E-state index is 7.17. The molecule has 374 valence electrons. The zero-order valence-corrected chi connectivity index (χ0v) is 47.2. The Labute approximate surface area is 464 Å². The number of amidine groups is 4. The largest absolute Gasteiger partial charge is 0.379 e. The summed E-state index contributed by atoms with van der Waals surface area (Å²) < 4.78 is 3.36. The summed E-state index contributed by atoms with van der Waals surface area (Å²) in [4.78, 5) is 14.3. The Morgan fingerprint density at radius 3 is 1.13 bits per heavy atom. The highest BCUT2D eigenvalue weighted by Gasteiger charge is 2.16. The Bertz CT molecular complexity index is 2190. The third-order valence-corrected chi connectivity index (χ3v) is 15.2. The van der Waals surface area contributed by atoms with Crippen molar-refractivity contribution >= 4 is 140 Å². The zero-order valence-electron chi connectivity index (χ0n) is 37.6. The second kappa shape index (κ2) is 35.4. The van der Waals surface area contributed by atoms with Gasteiger partial charge in [0.15, 0.2) is 20.7 Å². The molecular formula is C49H64Br3Cl2N11S4. The second-order valence-electron chi connectivity index (χ2n) is 15.0. The van der Waals surface area contributed by atoms with Gasteiger partial charge in [-0.3, -0.25) is 20.6 Å². The van der Waals surface area contributed by atoms with E-state index >= 15 is 0 Å². The van der Waals surface area contributed by atoms with Gasteiger partial charge in [-0.1, -0.05) is 187 Å². The molecule has 0 saturated heterocycles. The molecule has 20 heteroatoms. The van der Waals surface area contributed by atoms with Crippen molar-refractivity contribution in [2.45, 2.75) is 49.7 Å². The average molecular weight is 1250 g/mol. The lowest BCUT2D eigenvalue weighted by Crippen LogP contribution is -2.42. The van der Waals surface area contributed by atoms with Gasteiger partial charge < -0.3 is 27.8 Å². The van der Waals surface area contributed by atoms with E-state index in [-0.39, 0.29) is 42.6 Å². The lowest BCUT2D eigenvalue weighted by molar-refractivity contribution is 0.270. The summed E-state index contributed by atoms with van der Waals surface area (Å²) in [5, 5.41) is 23.6. The van der Waals surface area contributed by atoms with Gasteiger partial charge in [0.1, 0.15) is 0 Å². The molecule has 10 N–H and O–H groups in total. The predicted octanol–water partition coefficient (Wildman–Crippen LogP) is 11.9. The van der Waals surface area contributed by atoms with E-state index in [4.69, 9.17) is 38.0 Å². The van der Waals surface area contributed by atoms with Gasteiger partial charge in [-0.05, 0) is 101 Å². The van der Waals surface area contributed by atoms with E-state index in [1.54, 1.807) is 23.5 Å².